The molecule has 0 aliphatic rings. The van der Waals surface area contributed by atoms with Crippen LogP contribution in [0.5, 0.6) is 11.5 Å². The number of anilines is 2. The Morgan fingerprint density at radius 2 is 1.62 bits per heavy atom. The highest BCUT2D eigenvalue weighted by Gasteiger charge is 2.14. The maximum absolute atomic E-state index is 12.0. The first-order valence-corrected chi connectivity index (χ1v) is 6.55. The third-order valence-electron chi connectivity index (χ3n) is 2.92. The van der Waals surface area contributed by atoms with Crippen molar-refractivity contribution in [2.75, 3.05) is 18.2 Å². The summed E-state index contributed by atoms with van der Waals surface area (Å²) in [5.41, 5.74) is 6.92. The summed E-state index contributed by atoms with van der Waals surface area (Å²) in [6.07, 6.45) is -0.615. The highest BCUT2D eigenvalue weighted by molar-refractivity contribution is 5.94. The Labute approximate surface area is 123 Å². The quantitative estimate of drug-likeness (QED) is 0.829. The Hall–Kier alpha value is -2.69. The van der Waals surface area contributed by atoms with Crippen LogP contribution in [0.4, 0.5) is 11.4 Å². The van der Waals surface area contributed by atoms with Crippen LogP contribution in [-0.2, 0) is 4.79 Å². The summed E-state index contributed by atoms with van der Waals surface area (Å²) in [7, 11) is 1.60. The highest BCUT2D eigenvalue weighted by Crippen LogP contribution is 2.18. The molecule has 21 heavy (non-hydrogen) atoms. The van der Waals surface area contributed by atoms with Crippen LogP contribution in [0.3, 0.4) is 0 Å². The predicted molar refractivity (Wildman–Crippen MR) is 82.6 cm³/mol. The molecule has 0 fully saturated rings. The van der Waals surface area contributed by atoms with Crippen LogP contribution in [0.1, 0.15) is 6.92 Å². The fourth-order valence-electron chi connectivity index (χ4n) is 1.72. The average Bonchev–Trinajstić information content (AvgIpc) is 2.50. The van der Waals surface area contributed by atoms with Gasteiger partial charge in [0.15, 0.2) is 6.10 Å². The molecule has 0 aromatic heterocycles. The monoisotopic (exact) mass is 286 g/mol. The number of carbonyl (C=O) groups is 1. The SMILES string of the molecule is COc1ccc(O[C@H](C)C(=O)Nc2ccc(N)cc2)cc1. The van der Waals surface area contributed by atoms with Gasteiger partial charge in [-0.3, -0.25) is 4.79 Å². The second-order valence-corrected chi connectivity index (χ2v) is 4.55. The van der Waals surface area contributed by atoms with Crippen molar-refractivity contribution in [2.45, 2.75) is 13.0 Å². The molecule has 0 saturated heterocycles. The van der Waals surface area contributed by atoms with Gasteiger partial charge >= 0.3 is 0 Å². The van der Waals surface area contributed by atoms with E-state index in [0.717, 1.165) is 5.75 Å². The lowest BCUT2D eigenvalue weighted by Gasteiger charge is -2.15. The number of carbonyl (C=O) groups excluding carboxylic acids is 1. The largest absolute Gasteiger partial charge is 0.497 e. The molecule has 2 aromatic carbocycles. The van der Waals surface area contributed by atoms with Crippen molar-refractivity contribution in [1.29, 1.82) is 0 Å². The minimum Gasteiger partial charge on any atom is -0.497 e. The van der Waals surface area contributed by atoms with E-state index in [4.69, 9.17) is 15.2 Å². The van der Waals surface area contributed by atoms with E-state index in [1.807, 2.05) is 0 Å². The number of hydrogen-bond acceptors (Lipinski definition) is 4. The number of hydrogen-bond donors (Lipinski definition) is 2. The summed E-state index contributed by atoms with van der Waals surface area (Å²) in [6, 6.07) is 14.0. The van der Waals surface area contributed by atoms with E-state index >= 15 is 0 Å². The van der Waals surface area contributed by atoms with E-state index in [2.05, 4.69) is 5.32 Å². The lowest BCUT2D eigenvalue weighted by molar-refractivity contribution is -0.122. The van der Waals surface area contributed by atoms with Gasteiger partial charge in [-0.1, -0.05) is 0 Å². The van der Waals surface area contributed by atoms with Crippen LogP contribution in [0.2, 0.25) is 0 Å². The average molecular weight is 286 g/mol. The van der Waals surface area contributed by atoms with Crippen molar-refractivity contribution < 1.29 is 14.3 Å². The smallest absolute Gasteiger partial charge is 0.265 e. The molecule has 5 heteroatoms. The first kappa shape index (κ1) is 14.7. The van der Waals surface area contributed by atoms with Gasteiger partial charge in [0.05, 0.1) is 7.11 Å². The first-order chi connectivity index (χ1) is 10.1. The molecule has 0 unspecified atom stereocenters. The second kappa shape index (κ2) is 6.65. The molecule has 1 atom stereocenters. The maximum atomic E-state index is 12.0. The van der Waals surface area contributed by atoms with E-state index in [1.165, 1.54) is 0 Å². The molecular formula is C16H18N2O3. The predicted octanol–water partition coefficient (Wildman–Crippen LogP) is 2.68. The number of nitrogens with one attached hydrogen (secondary N) is 1. The standard InChI is InChI=1S/C16H18N2O3/c1-11(21-15-9-7-14(20-2)8-10-15)16(19)18-13-5-3-12(17)4-6-13/h3-11H,17H2,1-2H3,(H,18,19)/t11-/m1/s1. The van der Waals surface area contributed by atoms with Crippen LogP contribution in [0.25, 0.3) is 0 Å². The zero-order valence-corrected chi connectivity index (χ0v) is 12.0. The van der Waals surface area contributed by atoms with E-state index < -0.39 is 6.10 Å². The molecule has 5 nitrogen and oxygen atoms in total. The summed E-state index contributed by atoms with van der Waals surface area (Å²) in [4.78, 5) is 12.0. The highest BCUT2D eigenvalue weighted by atomic mass is 16.5. The second-order valence-electron chi connectivity index (χ2n) is 4.55. The fraction of sp³-hybridized carbons (Fsp3) is 0.188. The zero-order chi connectivity index (χ0) is 15.2. The molecular weight excluding hydrogens is 268 g/mol. The van der Waals surface area contributed by atoms with Gasteiger partial charge in [-0.2, -0.15) is 0 Å². The van der Waals surface area contributed by atoms with Gasteiger partial charge in [0.25, 0.3) is 5.91 Å². The third-order valence-corrected chi connectivity index (χ3v) is 2.92. The van der Waals surface area contributed by atoms with Gasteiger partial charge in [0, 0.05) is 11.4 Å². The van der Waals surface area contributed by atoms with Crippen molar-refractivity contribution in [1.82, 2.24) is 0 Å². The number of rotatable bonds is 5. The Balaban J connectivity index is 1.93. The lowest BCUT2D eigenvalue weighted by Crippen LogP contribution is -2.30. The molecule has 0 aliphatic heterocycles. The van der Waals surface area contributed by atoms with E-state index in [9.17, 15) is 4.79 Å². The Morgan fingerprint density at radius 1 is 1.05 bits per heavy atom. The van der Waals surface area contributed by atoms with Gasteiger partial charge in [0.2, 0.25) is 0 Å². The van der Waals surface area contributed by atoms with Crippen LogP contribution in [-0.4, -0.2) is 19.1 Å². The lowest BCUT2D eigenvalue weighted by atomic mass is 10.2. The number of ether oxygens (including phenoxy) is 2. The molecule has 0 saturated carbocycles. The van der Waals surface area contributed by atoms with Crippen molar-refractivity contribution in [3.8, 4) is 11.5 Å². The molecule has 110 valence electrons. The summed E-state index contributed by atoms with van der Waals surface area (Å²) in [5, 5.41) is 2.77. The van der Waals surface area contributed by atoms with Crippen LogP contribution in [0.15, 0.2) is 48.5 Å². The van der Waals surface area contributed by atoms with Crippen molar-refractivity contribution in [3.63, 3.8) is 0 Å². The number of nitrogens with two attached hydrogens (primary N) is 1. The van der Waals surface area contributed by atoms with Gasteiger partial charge in [-0.25, -0.2) is 0 Å². The minimum atomic E-state index is -0.615. The van der Waals surface area contributed by atoms with E-state index in [-0.39, 0.29) is 5.91 Å². The van der Waals surface area contributed by atoms with Crippen LogP contribution < -0.4 is 20.5 Å². The number of amides is 1. The Kier molecular flexibility index (Phi) is 4.66. The van der Waals surface area contributed by atoms with Gasteiger partial charge in [0.1, 0.15) is 11.5 Å². The molecule has 0 heterocycles. The molecule has 2 rings (SSSR count). The zero-order valence-electron chi connectivity index (χ0n) is 12.0. The van der Waals surface area contributed by atoms with Crippen LogP contribution in [0, 0.1) is 0 Å². The molecule has 0 aliphatic carbocycles. The summed E-state index contributed by atoms with van der Waals surface area (Å²) >= 11 is 0. The first-order valence-electron chi connectivity index (χ1n) is 6.55. The van der Waals surface area contributed by atoms with Gasteiger partial charge in [-0.15, -0.1) is 0 Å². The maximum Gasteiger partial charge on any atom is 0.265 e. The summed E-state index contributed by atoms with van der Waals surface area (Å²) < 4.78 is 10.6. The van der Waals surface area contributed by atoms with E-state index in [1.54, 1.807) is 62.6 Å². The molecule has 0 radical (unpaired) electrons. The van der Waals surface area contributed by atoms with E-state index in [0.29, 0.717) is 17.1 Å². The Morgan fingerprint density at radius 3 is 2.19 bits per heavy atom. The molecule has 2 aromatic rings. The molecule has 0 spiro atoms. The van der Waals surface area contributed by atoms with Crippen molar-refractivity contribution in [2.24, 2.45) is 0 Å². The number of benzene rings is 2. The number of methoxy groups -OCH3 is 1. The molecule has 3 N–H and O–H groups in total. The van der Waals surface area contributed by atoms with Gasteiger partial charge in [-0.05, 0) is 55.5 Å². The Bertz CT molecular complexity index is 594. The van der Waals surface area contributed by atoms with Crippen molar-refractivity contribution >= 4 is 17.3 Å². The normalized spacial score (nSPS) is 11.5. The molecule has 1 amide bonds. The van der Waals surface area contributed by atoms with Gasteiger partial charge < -0.3 is 20.5 Å². The van der Waals surface area contributed by atoms with Crippen LogP contribution >= 0.6 is 0 Å². The summed E-state index contributed by atoms with van der Waals surface area (Å²) in [6.45, 7) is 1.69. The minimum absolute atomic E-state index is 0.226. The topological polar surface area (TPSA) is 73.6 Å². The molecule has 0 bridgehead atoms. The summed E-state index contributed by atoms with van der Waals surface area (Å²) in [5.74, 6) is 1.12. The fourth-order valence-corrected chi connectivity index (χ4v) is 1.72. The number of nitrogen functional groups attached to an aromatic ring is 1. The third kappa shape index (κ3) is 4.14. The van der Waals surface area contributed by atoms with Crippen molar-refractivity contribution in [3.05, 3.63) is 48.5 Å².